The molecule has 2 heteroatoms. The lowest BCUT2D eigenvalue weighted by Gasteiger charge is -2.41. The molecule has 0 aliphatic rings. The molecule has 17 heavy (non-hydrogen) atoms. The summed E-state index contributed by atoms with van der Waals surface area (Å²) in [5.74, 6) is 0.889. The quantitative estimate of drug-likeness (QED) is 0.747. The van der Waals surface area contributed by atoms with Gasteiger partial charge in [-0.05, 0) is 40.2 Å². The van der Waals surface area contributed by atoms with Crippen molar-refractivity contribution < 1.29 is 4.79 Å². The first-order chi connectivity index (χ1) is 7.37. The lowest BCUT2D eigenvalue weighted by atomic mass is 9.82. The molecule has 0 saturated heterocycles. The summed E-state index contributed by atoms with van der Waals surface area (Å²) in [6.07, 6.45) is 0.934. The number of carbonyl (C=O) groups excluding carboxylic acids is 1. The molecule has 0 saturated carbocycles. The van der Waals surface area contributed by atoms with Crippen LogP contribution in [0.1, 0.15) is 61.8 Å². The van der Waals surface area contributed by atoms with Gasteiger partial charge in [0.25, 0.3) is 0 Å². The second-order valence-electron chi connectivity index (χ2n) is 7.54. The molecule has 1 atom stereocenters. The van der Waals surface area contributed by atoms with E-state index in [0.717, 1.165) is 6.42 Å². The number of Topliss-reactive ketones (excluding diaryl/α,β-unsaturated/α-hetero) is 1. The van der Waals surface area contributed by atoms with E-state index in [1.54, 1.807) is 0 Å². The van der Waals surface area contributed by atoms with Crippen molar-refractivity contribution in [3.8, 4) is 0 Å². The lowest BCUT2D eigenvalue weighted by molar-refractivity contribution is -0.134. The predicted octanol–water partition coefficient (Wildman–Crippen LogP) is 3.75. The molecule has 0 heterocycles. The van der Waals surface area contributed by atoms with Gasteiger partial charge in [0.1, 0.15) is 0 Å². The smallest absolute Gasteiger partial charge is 0.155 e. The Morgan fingerprint density at radius 1 is 1.06 bits per heavy atom. The van der Waals surface area contributed by atoms with E-state index in [4.69, 9.17) is 0 Å². The first-order valence-corrected chi connectivity index (χ1v) is 6.64. The minimum absolute atomic E-state index is 0.0231. The fourth-order valence-corrected chi connectivity index (χ4v) is 1.85. The van der Waals surface area contributed by atoms with Crippen molar-refractivity contribution in [3.05, 3.63) is 0 Å². The summed E-state index contributed by atoms with van der Waals surface area (Å²) in [6.45, 7) is 16.9. The van der Waals surface area contributed by atoms with Crippen LogP contribution >= 0.6 is 0 Å². The van der Waals surface area contributed by atoms with Crippen LogP contribution < -0.4 is 0 Å². The number of hydrogen-bond donors (Lipinski definition) is 0. The van der Waals surface area contributed by atoms with E-state index >= 15 is 0 Å². The third-order valence-electron chi connectivity index (χ3n) is 3.26. The van der Waals surface area contributed by atoms with Crippen molar-refractivity contribution in [1.29, 1.82) is 0 Å². The summed E-state index contributed by atoms with van der Waals surface area (Å²) < 4.78 is 0. The molecule has 2 nitrogen and oxygen atoms in total. The van der Waals surface area contributed by atoms with Crippen LogP contribution in [0.4, 0.5) is 0 Å². The monoisotopic (exact) mass is 241 g/mol. The molecule has 102 valence electrons. The SMILES string of the molecule is CC(C)C[C@@H](C(=O)C(C)(C)C)N(C)C(C)(C)C. The highest BCUT2D eigenvalue weighted by atomic mass is 16.1. The van der Waals surface area contributed by atoms with E-state index in [9.17, 15) is 4.79 Å². The van der Waals surface area contributed by atoms with Crippen LogP contribution in [0.5, 0.6) is 0 Å². The van der Waals surface area contributed by atoms with E-state index in [1.807, 2.05) is 20.8 Å². The molecular formula is C15H31NO. The van der Waals surface area contributed by atoms with Gasteiger partial charge in [0, 0.05) is 11.0 Å². The molecule has 0 unspecified atom stereocenters. The van der Waals surface area contributed by atoms with Gasteiger partial charge >= 0.3 is 0 Å². The van der Waals surface area contributed by atoms with E-state index in [0.29, 0.717) is 11.7 Å². The first kappa shape index (κ1) is 16.6. The van der Waals surface area contributed by atoms with E-state index in [-0.39, 0.29) is 17.0 Å². The van der Waals surface area contributed by atoms with Gasteiger partial charge in [0.15, 0.2) is 5.78 Å². The second kappa shape index (κ2) is 5.51. The summed E-state index contributed by atoms with van der Waals surface area (Å²) in [7, 11) is 2.07. The molecule has 0 radical (unpaired) electrons. The summed E-state index contributed by atoms with van der Waals surface area (Å²) in [5, 5.41) is 0. The van der Waals surface area contributed by atoms with Gasteiger partial charge in [-0.2, -0.15) is 0 Å². The number of nitrogens with zero attached hydrogens (tertiary/aromatic N) is 1. The summed E-state index contributed by atoms with van der Waals surface area (Å²) in [5.41, 5.74) is -0.237. The van der Waals surface area contributed by atoms with Crippen molar-refractivity contribution in [1.82, 2.24) is 4.90 Å². The third-order valence-corrected chi connectivity index (χ3v) is 3.26. The zero-order valence-electron chi connectivity index (χ0n) is 13.2. The third kappa shape index (κ3) is 5.20. The van der Waals surface area contributed by atoms with Crippen molar-refractivity contribution in [3.63, 3.8) is 0 Å². The number of ketones is 1. The lowest BCUT2D eigenvalue weighted by Crippen LogP contribution is -2.52. The Hall–Kier alpha value is -0.370. The average Bonchev–Trinajstić information content (AvgIpc) is 2.08. The van der Waals surface area contributed by atoms with Crippen LogP contribution in [0.2, 0.25) is 0 Å². The van der Waals surface area contributed by atoms with Crippen LogP contribution in [-0.2, 0) is 4.79 Å². The Morgan fingerprint density at radius 2 is 1.47 bits per heavy atom. The Kier molecular flexibility index (Phi) is 5.39. The van der Waals surface area contributed by atoms with Crippen LogP contribution in [0.3, 0.4) is 0 Å². The molecule has 0 N–H and O–H groups in total. The molecule has 0 aromatic heterocycles. The predicted molar refractivity (Wildman–Crippen MR) is 75.2 cm³/mol. The van der Waals surface area contributed by atoms with Crippen molar-refractivity contribution >= 4 is 5.78 Å². The van der Waals surface area contributed by atoms with Crippen molar-refractivity contribution in [2.45, 2.75) is 73.4 Å². The van der Waals surface area contributed by atoms with Crippen LogP contribution in [0, 0.1) is 11.3 Å². The van der Waals surface area contributed by atoms with Crippen LogP contribution in [0.25, 0.3) is 0 Å². The molecule has 0 aromatic carbocycles. The minimum atomic E-state index is -0.265. The van der Waals surface area contributed by atoms with Gasteiger partial charge in [0.2, 0.25) is 0 Å². The summed E-state index contributed by atoms with van der Waals surface area (Å²) >= 11 is 0. The molecule has 0 aliphatic heterocycles. The normalized spacial score (nSPS) is 15.5. The Morgan fingerprint density at radius 3 is 1.71 bits per heavy atom. The summed E-state index contributed by atoms with van der Waals surface area (Å²) in [4.78, 5) is 14.8. The Balaban J connectivity index is 5.09. The number of likely N-dealkylation sites (N-methyl/N-ethyl adjacent to an activating group) is 1. The van der Waals surface area contributed by atoms with E-state index < -0.39 is 0 Å². The molecule has 0 rings (SSSR count). The standard InChI is InChI=1S/C15H31NO/c1-11(2)10-12(13(17)14(3,4)5)16(9)15(6,7)8/h11-12H,10H2,1-9H3/t12-/m0/s1. The van der Waals surface area contributed by atoms with Gasteiger partial charge in [-0.25, -0.2) is 0 Å². The van der Waals surface area contributed by atoms with Gasteiger partial charge in [-0.1, -0.05) is 34.6 Å². The van der Waals surface area contributed by atoms with E-state index in [1.165, 1.54) is 0 Å². The zero-order chi connectivity index (χ0) is 14.0. The average molecular weight is 241 g/mol. The van der Waals surface area contributed by atoms with Crippen LogP contribution in [-0.4, -0.2) is 29.3 Å². The minimum Gasteiger partial charge on any atom is -0.297 e. The molecule has 0 amide bonds. The molecule has 0 spiro atoms. The van der Waals surface area contributed by atoms with Gasteiger partial charge < -0.3 is 0 Å². The largest absolute Gasteiger partial charge is 0.297 e. The molecular weight excluding hydrogens is 210 g/mol. The maximum Gasteiger partial charge on any atom is 0.155 e. The number of carbonyl (C=O) groups is 1. The number of hydrogen-bond acceptors (Lipinski definition) is 2. The second-order valence-corrected chi connectivity index (χ2v) is 7.54. The zero-order valence-corrected chi connectivity index (χ0v) is 13.2. The number of rotatable bonds is 4. The van der Waals surface area contributed by atoms with Gasteiger partial charge in [-0.15, -0.1) is 0 Å². The highest BCUT2D eigenvalue weighted by Crippen LogP contribution is 2.27. The van der Waals surface area contributed by atoms with Crippen molar-refractivity contribution in [2.75, 3.05) is 7.05 Å². The maximum atomic E-state index is 12.5. The molecule has 0 aromatic rings. The molecule has 0 bridgehead atoms. The Bertz CT molecular complexity index is 255. The highest BCUT2D eigenvalue weighted by molar-refractivity contribution is 5.88. The first-order valence-electron chi connectivity index (χ1n) is 6.64. The molecule has 0 aliphatic carbocycles. The topological polar surface area (TPSA) is 20.3 Å². The van der Waals surface area contributed by atoms with Crippen LogP contribution in [0.15, 0.2) is 0 Å². The summed E-state index contributed by atoms with van der Waals surface area (Å²) in [6, 6.07) is 0.0231. The molecule has 0 fully saturated rings. The fraction of sp³-hybridized carbons (Fsp3) is 0.933. The van der Waals surface area contributed by atoms with E-state index in [2.05, 4.69) is 46.6 Å². The Labute approximate surface area is 108 Å². The van der Waals surface area contributed by atoms with Gasteiger partial charge in [0.05, 0.1) is 6.04 Å². The highest BCUT2D eigenvalue weighted by Gasteiger charge is 2.36. The van der Waals surface area contributed by atoms with Crippen molar-refractivity contribution in [2.24, 2.45) is 11.3 Å². The van der Waals surface area contributed by atoms with Gasteiger partial charge in [-0.3, -0.25) is 9.69 Å². The fourth-order valence-electron chi connectivity index (χ4n) is 1.85. The maximum absolute atomic E-state index is 12.5.